The molecule has 5 nitrogen and oxygen atoms in total. The summed E-state index contributed by atoms with van der Waals surface area (Å²) in [5, 5.41) is 14.1. The molecule has 1 aliphatic rings. The first-order chi connectivity index (χ1) is 19.0. The number of aliphatic hydroxyl groups is 1. The van der Waals surface area contributed by atoms with Gasteiger partial charge in [0.25, 0.3) is 5.91 Å². The van der Waals surface area contributed by atoms with Crippen molar-refractivity contribution in [1.82, 2.24) is 5.32 Å². The SMILES string of the molecule is C.Cc1cc2c(cc1C(=O)c1ccc(C(=O)N[C@@H](c3ccccc3)[C@H](O)c3ccccc3)o1)C(C)(C)CCC2(C)C. The molecule has 3 aromatic carbocycles. The van der Waals surface area contributed by atoms with E-state index in [1.807, 2.05) is 73.7 Å². The van der Waals surface area contributed by atoms with Gasteiger partial charge in [0.1, 0.15) is 6.10 Å². The molecule has 214 valence electrons. The molecule has 1 aliphatic carbocycles. The zero-order valence-electron chi connectivity index (χ0n) is 23.8. The van der Waals surface area contributed by atoms with Crippen LogP contribution in [0.1, 0.15) is 115 Å². The number of amides is 1. The van der Waals surface area contributed by atoms with E-state index in [4.69, 9.17) is 4.42 Å². The van der Waals surface area contributed by atoms with Crippen LogP contribution in [0, 0.1) is 6.92 Å². The van der Waals surface area contributed by atoms with Gasteiger partial charge in [0.05, 0.1) is 6.04 Å². The van der Waals surface area contributed by atoms with E-state index < -0.39 is 18.1 Å². The highest BCUT2D eigenvalue weighted by atomic mass is 16.4. The van der Waals surface area contributed by atoms with Crippen molar-refractivity contribution in [2.24, 2.45) is 0 Å². The first kappa shape index (κ1) is 30.0. The predicted octanol–water partition coefficient (Wildman–Crippen LogP) is 8.01. The minimum absolute atomic E-state index is 0. The van der Waals surface area contributed by atoms with Crippen LogP contribution in [0.15, 0.2) is 89.3 Å². The van der Waals surface area contributed by atoms with Gasteiger partial charge in [-0.1, -0.05) is 102 Å². The van der Waals surface area contributed by atoms with E-state index in [9.17, 15) is 14.7 Å². The van der Waals surface area contributed by atoms with Gasteiger partial charge in [0, 0.05) is 5.56 Å². The van der Waals surface area contributed by atoms with Crippen molar-refractivity contribution < 1.29 is 19.1 Å². The van der Waals surface area contributed by atoms with Crippen molar-refractivity contribution in [3.05, 3.63) is 130 Å². The van der Waals surface area contributed by atoms with Crippen LogP contribution in [-0.4, -0.2) is 16.8 Å². The van der Waals surface area contributed by atoms with E-state index in [0.29, 0.717) is 11.1 Å². The first-order valence-corrected chi connectivity index (χ1v) is 13.9. The Balaban J connectivity index is 0.00000387. The summed E-state index contributed by atoms with van der Waals surface area (Å²) in [5.41, 5.74) is 5.43. The Morgan fingerprint density at radius 1 is 0.780 bits per heavy atom. The van der Waals surface area contributed by atoms with Crippen LogP contribution in [0.4, 0.5) is 0 Å². The molecule has 5 heteroatoms. The van der Waals surface area contributed by atoms with Gasteiger partial charge in [-0.25, -0.2) is 0 Å². The van der Waals surface area contributed by atoms with E-state index in [1.54, 1.807) is 6.07 Å². The first-order valence-electron chi connectivity index (χ1n) is 13.9. The van der Waals surface area contributed by atoms with E-state index in [-0.39, 0.29) is 35.6 Å². The summed E-state index contributed by atoms with van der Waals surface area (Å²) < 4.78 is 5.83. The maximum Gasteiger partial charge on any atom is 0.287 e. The van der Waals surface area contributed by atoms with Gasteiger partial charge in [-0.2, -0.15) is 0 Å². The fourth-order valence-electron chi connectivity index (χ4n) is 5.74. The molecule has 0 spiro atoms. The number of carbonyl (C=O) groups is 2. The number of aliphatic hydroxyl groups excluding tert-OH is 1. The number of aryl methyl sites for hydroxylation is 1. The lowest BCUT2D eigenvalue weighted by atomic mass is 9.62. The van der Waals surface area contributed by atoms with Crippen molar-refractivity contribution >= 4 is 11.7 Å². The lowest BCUT2D eigenvalue weighted by molar-refractivity contribution is 0.0803. The Morgan fingerprint density at radius 3 is 1.88 bits per heavy atom. The molecule has 4 aromatic rings. The lowest BCUT2D eigenvalue weighted by Gasteiger charge is -2.42. The van der Waals surface area contributed by atoms with Crippen LogP contribution in [0.25, 0.3) is 0 Å². The largest absolute Gasteiger partial charge is 0.447 e. The van der Waals surface area contributed by atoms with Gasteiger partial charge in [0.15, 0.2) is 11.5 Å². The third kappa shape index (κ3) is 5.91. The second kappa shape index (κ2) is 11.5. The minimum Gasteiger partial charge on any atom is -0.447 e. The molecular formula is C36H41NO4. The van der Waals surface area contributed by atoms with E-state index in [1.165, 1.54) is 17.2 Å². The summed E-state index contributed by atoms with van der Waals surface area (Å²) in [6.45, 7) is 10.9. The minimum atomic E-state index is -0.977. The van der Waals surface area contributed by atoms with Gasteiger partial charge in [-0.3, -0.25) is 9.59 Å². The fourth-order valence-corrected chi connectivity index (χ4v) is 5.74. The van der Waals surface area contributed by atoms with Crippen molar-refractivity contribution in [2.45, 2.75) is 77.9 Å². The molecule has 0 unspecified atom stereocenters. The van der Waals surface area contributed by atoms with Crippen LogP contribution in [0.2, 0.25) is 0 Å². The molecule has 0 aliphatic heterocycles. The Kier molecular flexibility index (Phi) is 8.41. The van der Waals surface area contributed by atoms with Gasteiger partial charge >= 0.3 is 0 Å². The number of hydrogen-bond acceptors (Lipinski definition) is 4. The molecule has 41 heavy (non-hydrogen) atoms. The summed E-state index contributed by atoms with van der Waals surface area (Å²) in [7, 11) is 0. The average Bonchev–Trinajstić information content (AvgIpc) is 3.45. The number of hydrogen-bond donors (Lipinski definition) is 2. The Morgan fingerprint density at radius 2 is 1.29 bits per heavy atom. The highest BCUT2D eigenvalue weighted by Gasteiger charge is 2.38. The Labute approximate surface area is 243 Å². The molecule has 0 fully saturated rings. The highest BCUT2D eigenvalue weighted by Crippen LogP contribution is 2.46. The quantitative estimate of drug-likeness (QED) is 0.228. The van der Waals surface area contributed by atoms with Gasteiger partial charge in [-0.05, 0) is 76.6 Å². The number of nitrogens with one attached hydrogen (secondary N) is 1. The maximum absolute atomic E-state index is 13.6. The number of carbonyl (C=O) groups excluding carboxylic acids is 2. The Hall–Kier alpha value is -3.96. The van der Waals surface area contributed by atoms with Crippen LogP contribution in [0.3, 0.4) is 0 Å². The average molecular weight is 552 g/mol. The highest BCUT2D eigenvalue weighted by molar-refractivity contribution is 6.09. The van der Waals surface area contributed by atoms with Crippen molar-refractivity contribution in [1.29, 1.82) is 0 Å². The number of ketones is 1. The molecule has 0 radical (unpaired) electrons. The lowest BCUT2D eigenvalue weighted by Crippen LogP contribution is -2.34. The third-order valence-electron chi connectivity index (χ3n) is 8.40. The Bertz CT molecular complexity index is 1530. The van der Waals surface area contributed by atoms with Crippen LogP contribution in [-0.2, 0) is 10.8 Å². The maximum atomic E-state index is 13.6. The van der Waals surface area contributed by atoms with Gasteiger partial charge < -0.3 is 14.8 Å². The second-order valence-corrected chi connectivity index (χ2v) is 12.2. The standard InChI is InChI=1S/C35H37NO4.CH4/c1-22-20-26-27(35(4,5)19-18-34(26,2)3)21-25(22)32(38)28-16-17-29(40-28)33(39)36-30(23-12-8-6-9-13-23)31(37)24-14-10-7-11-15-24;/h6-17,20-21,30-31,37H,18-19H2,1-5H3,(H,36,39);1H4/t30-,31+;/m0./s1. The monoisotopic (exact) mass is 551 g/mol. The molecule has 1 aromatic heterocycles. The van der Waals surface area contributed by atoms with Crippen LogP contribution >= 0.6 is 0 Å². The zero-order chi connectivity index (χ0) is 28.7. The van der Waals surface area contributed by atoms with Crippen molar-refractivity contribution in [2.75, 3.05) is 0 Å². The molecule has 1 amide bonds. The number of furan rings is 1. The number of fused-ring (bicyclic) bond motifs is 1. The zero-order valence-corrected chi connectivity index (χ0v) is 23.8. The molecular weight excluding hydrogens is 510 g/mol. The summed E-state index contributed by atoms with van der Waals surface area (Å²) in [5.74, 6) is -0.627. The fraction of sp³-hybridized carbons (Fsp3) is 0.333. The molecule has 2 N–H and O–H groups in total. The summed E-state index contributed by atoms with van der Waals surface area (Å²) >= 11 is 0. The van der Waals surface area contributed by atoms with Crippen molar-refractivity contribution in [3.63, 3.8) is 0 Å². The smallest absolute Gasteiger partial charge is 0.287 e. The summed E-state index contributed by atoms with van der Waals surface area (Å²) in [6, 6.07) is 25.0. The van der Waals surface area contributed by atoms with E-state index in [0.717, 1.165) is 24.0 Å². The normalized spacial score (nSPS) is 16.5. The van der Waals surface area contributed by atoms with Crippen LogP contribution in [0.5, 0.6) is 0 Å². The van der Waals surface area contributed by atoms with Crippen molar-refractivity contribution in [3.8, 4) is 0 Å². The molecule has 0 bridgehead atoms. The molecule has 0 saturated carbocycles. The van der Waals surface area contributed by atoms with E-state index >= 15 is 0 Å². The second-order valence-electron chi connectivity index (χ2n) is 12.2. The topological polar surface area (TPSA) is 79.5 Å². The van der Waals surface area contributed by atoms with E-state index in [2.05, 4.69) is 39.1 Å². The summed E-state index contributed by atoms with van der Waals surface area (Å²) in [4.78, 5) is 27.0. The molecule has 1 heterocycles. The molecule has 2 atom stereocenters. The molecule has 5 rings (SSSR count). The van der Waals surface area contributed by atoms with Crippen LogP contribution < -0.4 is 5.32 Å². The molecule has 0 saturated heterocycles. The third-order valence-corrected chi connectivity index (χ3v) is 8.40. The number of benzene rings is 3. The van der Waals surface area contributed by atoms with Gasteiger partial charge in [0.2, 0.25) is 5.78 Å². The summed E-state index contributed by atoms with van der Waals surface area (Å²) in [6.07, 6.45) is 1.17. The van der Waals surface area contributed by atoms with Gasteiger partial charge in [-0.15, -0.1) is 0 Å². The number of rotatable bonds is 7. The predicted molar refractivity (Wildman–Crippen MR) is 163 cm³/mol.